The largest absolute Gasteiger partial charge is 0.755 e. The van der Waals surface area contributed by atoms with Gasteiger partial charge in [0.05, 0.1) is 28.2 Å². The molecule has 2 aromatic rings. The summed E-state index contributed by atoms with van der Waals surface area (Å²) in [6.07, 6.45) is -5.20. The molecule has 0 aliphatic rings. The van der Waals surface area contributed by atoms with Crippen LogP contribution in [0.15, 0.2) is 28.7 Å². The van der Waals surface area contributed by atoms with Crippen LogP contribution in [-0.4, -0.2) is 49.6 Å². The standard InChI is InChI=1S/C14H13F3N6O6S2/c15-14(16,17)29-8-3-6(1-2-7(8)22-9(24)4-20-13(18)19)23(31(27)28)11-10(12(25)26)21-5-30-11/h1-3,5H,4H2,(H,22,24)(H,25,26)(H,27,28)(H4,18,19,20)/p-1. The Morgan fingerprint density at radius 2 is 2.06 bits per heavy atom. The molecule has 6 N–H and O–H groups in total. The molecule has 1 heterocycles. The lowest BCUT2D eigenvalue weighted by Gasteiger charge is -2.26. The quantitative estimate of drug-likeness (QED) is 0.240. The summed E-state index contributed by atoms with van der Waals surface area (Å²) >= 11 is -2.52. The van der Waals surface area contributed by atoms with Crippen LogP contribution in [0.5, 0.6) is 5.75 Å². The first-order valence-electron chi connectivity index (χ1n) is 7.70. The van der Waals surface area contributed by atoms with Crippen molar-refractivity contribution >= 4 is 56.8 Å². The second kappa shape index (κ2) is 9.58. The number of hydrogen-bond donors (Lipinski definition) is 4. The van der Waals surface area contributed by atoms with Gasteiger partial charge in [-0.25, -0.2) is 14.8 Å². The van der Waals surface area contributed by atoms with Crippen LogP contribution in [0.1, 0.15) is 10.5 Å². The molecule has 1 aromatic heterocycles. The lowest BCUT2D eigenvalue weighted by molar-refractivity contribution is -0.274. The van der Waals surface area contributed by atoms with Crippen LogP contribution in [0.2, 0.25) is 0 Å². The first-order chi connectivity index (χ1) is 14.4. The van der Waals surface area contributed by atoms with Crippen LogP contribution in [0, 0.1) is 0 Å². The van der Waals surface area contributed by atoms with Crippen molar-refractivity contribution in [1.82, 2.24) is 4.98 Å². The molecule has 0 fully saturated rings. The normalized spacial score (nSPS) is 12.0. The number of carboxylic acid groups (broad SMARTS) is 1. The van der Waals surface area contributed by atoms with Crippen molar-refractivity contribution in [2.45, 2.75) is 6.36 Å². The van der Waals surface area contributed by atoms with Crippen molar-refractivity contribution < 1.29 is 41.4 Å². The molecule has 0 saturated heterocycles. The third kappa shape index (κ3) is 6.52. The first kappa shape index (κ1) is 23.8. The maximum atomic E-state index is 12.8. The fourth-order valence-electron chi connectivity index (χ4n) is 2.10. The van der Waals surface area contributed by atoms with Crippen LogP contribution < -0.4 is 25.8 Å². The predicted octanol–water partition coefficient (Wildman–Crippen LogP) is 0.884. The molecule has 0 spiro atoms. The Bertz CT molecular complexity index is 1040. The van der Waals surface area contributed by atoms with E-state index in [4.69, 9.17) is 16.6 Å². The van der Waals surface area contributed by atoms with E-state index in [2.05, 4.69) is 20.0 Å². The van der Waals surface area contributed by atoms with Gasteiger partial charge in [-0.05, 0) is 12.1 Å². The number of halogens is 3. The lowest BCUT2D eigenvalue weighted by Crippen LogP contribution is -2.26. The second-order valence-electron chi connectivity index (χ2n) is 5.34. The number of aromatic nitrogens is 1. The SMILES string of the molecule is NC(N)=NCC(=O)Nc1ccc(N(c2scnc2C(=O)O)S(=O)[O-])cc1OC(F)(F)F. The Morgan fingerprint density at radius 1 is 1.39 bits per heavy atom. The Hall–Kier alpha value is -3.44. The summed E-state index contributed by atoms with van der Waals surface area (Å²) in [5.41, 5.74) is 9.66. The molecular weight excluding hydrogens is 469 g/mol. The zero-order valence-electron chi connectivity index (χ0n) is 15.0. The molecule has 2 rings (SSSR count). The Labute approximate surface area is 177 Å². The van der Waals surface area contributed by atoms with Gasteiger partial charge in [0.15, 0.2) is 17.4 Å². The van der Waals surface area contributed by atoms with Crippen molar-refractivity contribution in [1.29, 1.82) is 0 Å². The van der Waals surface area contributed by atoms with Gasteiger partial charge in [0.2, 0.25) is 5.91 Å². The van der Waals surface area contributed by atoms with E-state index < -0.39 is 64.8 Å². The number of ether oxygens (including phenoxy) is 1. The summed E-state index contributed by atoms with van der Waals surface area (Å²) in [5.74, 6) is -3.85. The second-order valence-corrected chi connectivity index (χ2v) is 6.97. The molecule has 0 radical (unpaired) electrons. The van der Waals surface area contributed by atoms with Crippen LogP contribution in [0.25, 0.3) is 0 Å². The van der Waals surface area contributed by atoms with Gasteiger partial charge in [0.25, 0.3) is 0 Å². The molecule has 31 heavy (non-hydrogen) atoms. The van der Waals surface area contributed by atoms with Gasteiger partial charge < -0.3 is 31.2 Å². The van der Waals surface area contributed by atoms with E-state index in [0.717, 1.165) is 17.6 Å². The van der Waals surface area contributed by atoms with Crippen LogP contribution in [0.4, 0.5) is 29.5 Å². The molecule has 0 saturated carbocycles. The summed E-state index contributed by atoms with van der Waals surface area (Å²) in [6, 6.07) is 2.58. The highest BCUT2D eigenvalue weighted by Crippen LogP contribution is 2.39. The van der Waals surface area contributed by atoms with Crippen molar-refractivity contribution in [3.05, 3.63) is 29.4 Å². The number of carbonyl (C=O) groups is 2. The number of nitrogens with one attached hydrogen (secondary N) is 1. The number of hydrogen-bond acceptors (Lipinski definition) is 8. The highest BCUT2D eigenvalue weighted by atomic mass is 32.2. The summed E-state index contributed by atoms with van der Waals surface area (Å²) < 4.78 is 66.2. The number of amides is 1. The maximum absolute atomic E-state index is 12.8. The number of rotatable bonds is 8. The first-order valence-corrected chi connectivity index (χ1v) is 9.61. The minimum Gasteiger partial charge on any atom is -0.755 e. The van der Waals surface area contributed by atoms with E-state index in [1.54, 1.807) is 0 Å². The number of guanidine groups is 1. The van der Waals surface area contributed by atoms with E-state index in [-0.39, 0.29) is 5.00 Å². The average Bonchev–Trinajstić information content (AvgIpc) is 3.10. The molecule has 168 valence electrons. The molecule has 1 atom stereocenters. The molecule has 0 aliphatic heterocycles. The Kier molecular flexibility index (Phi) is 7.37. The number of carboxylic acids is 1. The fraction of sp³-hybridized carbons (Fsp3) is 0.143. The van der Waals surface area contributed by atoms with Crippen molar-refractivity contribution in [2.24, 2.45) is 16.5 Å². The molecule has 0 bridgehead atoms. The number of carbonyl (C=O) groups excluding carboxylic acids is 1. The number of aromatic carboxylic acids is 1. The van der Waals surface area contributed by atoms with Gasteiger partial charge >= 0.3 is 12.3 Å². The van der Waals surface area contributed by atoms with Crippen LogP contribution in [-0.2, 0) is 16.1 Å². The number of nitrogens with zero attached hydrogens (tertiary/aromatic N) is 3. The number of anilines is 3. The van der Waals surface area contributed by atoms with Gasteiger partial charge in [-0.1, -0.05) is 0 Å². The molecule has 17 heteroatoms. The summed E-state index contributed by atoms with van der Waals surface area (Å²) in [7, 11) is 0. The Morgan fingerprint density at radius 3 is 2.61 bits per heavy atom. The van der Waals surface area contributed by atoms with E-state index in [9.17, 15) is 31.5 Å². The van der Waals surface area contributed by atoms with Crippen molar-refractivity contribution in [3.63, 3.8) is 0 Å². The molecule has 0 aliphatic carbocycles. The summed E-state index contributed by atoms with van der Waals surface area (Å²) in [6.45, 7) is -0.602. The third-order valence-electron chi connectivity index (χ3n) is 3.19. The highest BCUT2D eigenvalue weighted by Gasteiger charge is 2.33. The molecule has 12 nitrogen and oxygen atoms in total. The van der Waals surface area contributed by atoms with Crippen molar-refractivity contribution in [3.8, 4) is 5.75 Å². The summed E-state index contributed by atoms with van der Waals surface area (Å²) in [5, 5.41) is 10.8. The van der Waals surface area contributed by atoms with E-state index in [0.29, 0.717) is 21.7 Å². The molecule has 1 unspecified atom stereocenters. The number of aliphatic imine (C=N–C) groups is 1. The molecular formula is C14H12F3N6O6S2-. The van der Waals surface area contributed by atoms with Gasteiger partial charge in [-0.3, -0.25) is 13.3 Å². The van der Waals surface area contributed by atoms with Gasteiger partial charge in [-0.2, -0.15) is 0 Å². The number of thiazole rings is 1. The van der Waals surface area contributed by atoms with Gasteiger partial charge in [0.1, 0.15) is 11.5 Å². The van der Waals surface area contributed by atoms with Crippen molar-refractivity contribution in [2.75, 3.05) is 16.2 Å². The monoisotopic (exact) mass is 481 g/mol. The fourth-order valence-corrected chi connectivity index (χ4v) is 3.63. The van der Waals surface area contributed by atoms with Crippen LogP contribution in [0.3, 0.4) is 0 Å². The maximum Gasteiger partial charge on any atom is 0.573 e. The van der Waals surface area contributed by atoms with E-state index in [1.165, 1.54) is 0 Å². The molecule has 1 amide bonds. The smallest absolute Gasteiger partial charge is 0.573 e. The predicted molar refractivity (Wildman–Crippen MR) is 103 cm³/mol. The van der Waals surface area contributed by atoms with Crippen LogP contribution >= 0.6 is 11.3 Å². The minimum atomic E-state index is -5.20. The topological polar surface area (TPSA) is 196 Å². The third-order valence-corrected chi connectivity index (χ3v) is 4.81. The minimum absolute atomic E-state index is 0.386. The highest BCUT2D eigenvalue weighted by molar-refractivity contribution is 7.81. The lowest BCUT2D eigenvalue weighted by atomic mass is 10.2. The van der Waals surface area contributed by atoms with Gasteiger partial charge in [-0.15, -0.1) is 24.5 Å². The van der Waals surface area contributed by atoms with E-state index >= 15 is 0 Å². The van der Waals surface area contributed by atoms with Gasteiger partial charge in [0, 0.05) is 6.07 Å². The molecule has 1 aromatic carbocycles. The number of alkyl halides is 3. The number of benzene rings is 1. The number of nitrogens with two attached hydrogens (primary N) is 2. The Balaban J connectivity index is 2.50. The summed E-state index contributed by atoms with van der Waals surface area (Å²) in [4.78, 5) is 30.0. The average molecular weight is 481 g/mol. The zero-order chi connectivity index (χ0) is 23.3. The zero-order valence-corrected chi connectivity index (χ0v) is 16.6. The van der Waals surface area contributed by atoms with E-state index in [1.807, 2.05) is 0 Å².